The molecule has 1 amide bonds. The number of likely N-dealkylation sites (N-methyl/N-ethyl adjacent to an activating group) is 1. The second kappa shape index (κ2) is 7.64. The third-order valence-electron chi connectivity index (χ3n) is 5.98. The Balaban J connectivity index is 1.41. The van der Waals surface area contributed by atoms with Crippen LogP contribution in [0.4, 0.5) is 0 Å². The zero-order chi connectivity index (χ0) is 18.8. The van der Waals surface area contributed by atoms with Crippen molar-refractivity contribution in [3.63, 3.8) is 0 Å². The van der Waals surface area contributed by atoms with E-state index in [4.69, 9.17) is 0 Å². The molecular formula is C21H27N5O. The van der Waals surface area contributed by atoms with Crippen LogP contribution in [0.3, 0.4) is 0 Å². The first-order chi connectivity index (χ1) is 13.2. The van der Waals surface area contributed by atoms with Gasteiger partial charge in [-0.2, -0.15) is 0 Å². The van der Waals surface area contributed by atoms with E-state index in [2.05, 4.69) is 33.9 Å². The second-order valence-corrected chi connectivity index (χ2v) is 7.74. The Morgan fingerprint density at radius 1 is 1.37 bits per heavy atom. The molecular weight excluding hydrogens is 338 g/mol. The maximum Gasteiger partial charge on any atom is 0.227 e. The van der Waals surface area contributed by atoms with E-state index < -0.39 is 0 Å². The minimum absolute atomic E-state index is 0.121. The normalized spacial score (nSPS) is 26.7. The van der Waals surface area contributed by atoms with Crippen LogP contribution in [0.5, 0.6) is 0 Å². The lowest BCUT2D eigenvalue weighted by atomic mass is 9.75. The van der Waals surface area contributed by atoms with Crippen LogP contribution in [0.15, 0.2) is 49.2 Å². The van der Waals surface area contributed by atoms with Gasteiger partial charge in [0.25, 0.3) is 0 Å². The molecule has 3 aliphatic heterocycles. The average Bonchev–Trinajstić information content (AvgIpc) is 3.17. The predicted molar refractivity (Wildman–Crippen MR) is 105 cm³/mol. The van der Waals surface area contributed by atoms with Crippen LogP contribution in [0.1, 0.15) is 12.8 Å². The molecule has 0 saturated carbocycles. The molecule has 6 heteroatoms. The Bertz CT molecular complexity index is 802. The fourth-order valence-corrected chi connectivity index (χ4v) is 4.52. The number of carbonyl (C=O) groups excluding carboxylic acids is 1. The van der Waals surface area contributed by atoms with Crippen molar-refractivity contribution in [3.05, 3.63) is 49.2 Å². The molecule has 0 aliphatic carbocycles. The van der Waals surface area contributed by atoms with E-state index in [1.807, 2.05) is 36.1 Å². The van der Waals surface area contributed by atoms with Gasteiger partial charge in [0.15, 0.2) is 0 Å². The summed E-state index contributed by atoms with van der Waals surface area (Å²) in [6.45, 7) is 7.12. The number of fused-ring (bicyclic) bond motifs is 3. The minimum Gasteiger partial charge on any atom is -0.342 e. The number of hydrogen-bond acceptors (Lipinski definition) is 4. The molecule has 0 radical (unpaired) electrons. The fraction of sp³-hybridized carbons (Fsp3) is 0.476. The van der Waals surface area contributed by atoms with Crippen molar-refractivity contribution < 1.29 is 4.79 Å². The fourth-order valence-electron chi connectivity index (χ4n) is 4.52. The van der Waals surface area contributed by atoms with Gasteiger partial charge in [-0.1, -0.05) is 41.6 Å². The molecule has 1 aromatic carbocycles. The first-order valence-electron chi connectivity index (χ1n) is 9.71. The van der Waals surface area contributed by atoms with E-state index in [1.54, 1.807) is 11.0 Å². The van der Waals surface area contributed by atoms with Crippen LogP contribution >= 0.6 is 0 Å². The molecule has 6 nitrogen and oxygen atoms in total. The highest BCUT2D eigenvalue weighted by Crippen LogP contribution is 2.37. The molecule has 3 saturated heterocycles. The summed E-state index contributed by atoms with van der Waals surface area (Å²) in [6.07, 6.45) is 5.98. The summed E-state index contributed by atoms with van der Waals surface area (Å²) in [7, 11) is 1.87. The molecule has 4 heterocycles. The summed E-state index contributed by atoms with van der Waals surface area (Å²) in [6, 6.07) is 10.6. The Morgan fingerprint density at radius 2 is 2.19 bits per heavy atom. The molecule has 1 aromatic heterocycles. The molecule has 4 unspecified atom stereocenters. The minimum atomic E-state index is 0.121. The van der Waals surface area contributed by atoms with Crippen LogP contribution < -0.4 is 0 Å². The molecule has 0 N–H and O–H groups in total. The number of benzene rings is 1. The number of carbonyl (C=O) groups is 1. The zero-order valence-corrected chi connectivity index (χ0v) is 15.9. The van der Waals surface area contributed by atoms with Crippen LogP contribution in [0.25, 0.3) is 11.3 Å². The lowest BCUT2D eigenvalue weighted by Gasteiger charge is -2.49. The van der Waals surface area contributed by atoms with Crippen molar-refractivity contribution in [1.29, 1.82) is 0 Å². The van der Waals surface area contributed by atoms with Crippen LogP contribution in [0.2, 0.25) is 0 Å². The van der Waals surface area contributed by atoms with Crippen molar-refractivity contribution >= 4 is 5.91 Å². The van der Waals surface area contributed by atoms with E-state index in [-0.39, 0.29) is 11.8 Å². The van der Waals surface area contributed by atoms with Crippen molar-refractivity contribution in [3.8, 4) is 11.3 Å². The highest BCUT2D eigenvalue weighted by molar-refractivity contribution is 5.79. The van der Waals surface area contributed by atoms with Gasteiger partial charge in [0, 0.05) is 31.7 Å². The monoisotopic (exact) mass is 365 g/mol. The molecule has 142 valence electrons. The Kier molecular flexibility index (Phi) is 5.07. The molecule has 4 atom stereocenters. The molecule has 0 spiro atoms. The van der Waals surface area contributed by atoms with Crippen molar-refractivity contribution in [1.82, 2.24) is 24.8 Å². The summed E-state index contributed by atoms with van der Waals surface area (Å²) >= 11 is 0. The number of piperidine rings is 3. The maximum absolute atomic E-state index is 12.7. The number of amides is 1. The third-order valence-corrected chi connectivity index (χ3v) is 5.98. The highest BCUT2D eigenvalue weighted by atomic mass is 16.2. The van der Waals surface area contributed by atoms with Gasteiger partial charge in [0.05, 0.1) is 18.7 Å². The summed E-state index contributed by atoms with van der Waals surface area (Å²) in [5, 5.41) is 8.66. The molecule has 2 bridgehead atoms. The lowest BCUT2D eigenvalue weighted by Crippen LogP contribution is -2.58. The van der Waals surface area contributed by atoms with Gasteiger partial charge in [-0.15, -0.1) is 11.7 Å². The zero-order valence-electron chi connectivity index (χ0n) is 15.9. The third kappa shape index (κ3) is 3.67. The topological polar surface area (TPSA) is 54.3 Å². The molecule has 3 fully saturated rings. The van der Waals surface area contributed by atoms with E-state index >= 15 is 0 Å². The Morgan fingerprint density at radius 3 is 2.89 bits per heavy atom. The first-order valence-corrected chi connectivity index (χ1v) is 9.71. The number of aromatic nitrogens is 3. The molecule has 3 aliphatic rings. The largest absolute Gasteiger partial charge is 0.342 e. The Labute approximate surface area is 160 Å². The van der Waals surface area contributed by atoms with Gasteiger partial charge in [0.2, 0.25) is 5.91 Å². The molecule has 27 heavy (non-hydrogen) atoms. The van der Waals surface area contributed by atoms with Crippen molar-refractivity contribution in [2.24, 2.45) is 11.8 Å². The first kappa shape index (κ1) is 17.9. The van der Waals surface area contributed by atoms with Crippen LogP contribution in [-0.4, -0.2) is 63.4 Å². The van der Waals surface area contributed by atoms with Crippen LogP contribution in [0, 0.1) is 11.8 Å². The van der Waals surface area contributed by atoms with E-state index in [9.17, 15) is 4.79 Å². The van der Waals surface area contributed by atoms with E-state index in [0.717, 1.165) is 43.7 Å². The highest BCUT2D eigenvalue weighted by Gasteiger charge is 2.43. The van der Waals surface area contributed by atoms with Crippen molar-refractivity contribution in [2.45, 2.75) is 25.4 Å². The average molecular weight is 365 g/mol. The Hall–Kier alpha value is -2.47. The van der Waals surface area contributed by atoms with Gasteiger partial charge < -0.3 is 4.90 Å². The van der Waals surface area contributed by atoms with E-state index in [1.165, 1.54) is 0 Å². The summed E-state index contributed by atoms with van der Waals surface area (Å²) in [4.78, 5) is 17.0. The van der Waals surface area contributed by atoms with Crippen LogP contribution in [-0.2, 0) is 11.3 Å². The SMILES string of the molecule is C=CCN(C)C(=O)C1CN2CCC1CC2Cn1cc(-c2ccccc2)nn1. The van der Waals surface area contributed by atoms with Gasteiger partial charge in [-0.05, 0) is 25.3 Å². The molecule has 5 rings (SSSR count). The van der Waals surface area contributed by atoms with E-state index in [0.29, 0.717) is 18.5 Å². The van der Waals surface area contributed by atoms with Gasteiger partial charge in [-0.25, -0.2) is 0 Å². The van der Waals surface area contributed by atoms with Gasteiger partial charge in [0.1, 0.15) is 5.69 Å². The quantitative estimate of drug-likeness (QED) is 0.737. The maximum atomic E-state index is 12.7. The molecule has 2 aromatic rings. The summed E-state index contributed by atoms with van der Waals surface area (Å²) < 4.78 is 1.95. The van der Waals surface area contributed by atoms with Gasteiger partial charge >= 0.3 is 0 Å². The second-order valence-electron chi connectivity index (χ2n) is 7.74. The standard InChI is InChI=1S/C21H27N5O/c1-3-10-24(2)21(27)19-14-25-11-9-17(19)12-18(25)13-26-15-20(22-23-26)16-7-5-4-6-8-16/h3-8,15,17-19H,1,9-14H2,2H3. The predicted octanol–water partition coefficient (Wildman–Crippen LogP) is 2.30. The summed E-state index contributed by atoms with van der Waals surface area (Å²) in [5.74, 6) is 0.850. The van der Waals surface area contributed by atoms with Crippen molar-refractivity contribution in [2.75, 3.05) is 26.7 Å². The smallest absolute Gasteiger partial charge is 0.227 e. The number of nitrogens with zero attached hydrogens (tertiary/aromatic N) is 5. The number of rotatable bonds is 6. The summed E-state index contributed by atoms with van der Waals surface area (Å²) in [5.41, 5.74) is 2.00. The number of hydrogen-bond donors (Lipinski definition) is 0. The lowest BCUT2D eigenvalue weighted by molar-refractivity contribution is -0.142. The van der Waals surface area contributed by atoms with Gasteiger partial charge in [-0.3, -0.25) is 14.4 Å².